The van der Waals surface area contributed by atoms with Gasteiger partial charge in [-0.2, -0.15) is 0 Å². The number of nitrogens with one attached hydrogen (secondary N) is 1. The van der Waals surface area contributed by atoms with E-state index in [0.717, 1.165) is 12.8 Å². The van der Waals surface area contributed by atoms with Crippen LogP contribution < -0.4 is 5.32 Å². The third-order valence-electron chi connectivity index (χ3n) is 3.63. The van der Waals surface area contributed by atoms with Crippen molar-refractivity contribution in [3.8, 4) is 0 Å². The summed E-state index contributed by atoms with van der Waals surface area (Å²) < 4.78 is 0. The molecule has 1 aliphatic rings. The molecular weight excluding hydrogens is 220 g/mol. The number of carboxylic acids is 1. The molecule has 1 atom stereocenters. The Morgan fingerprint density at radius 2 is 1.94 bits per heavy atom. The summed E-state index contributed by atoms with van der Waals surface area (Å²) in [6.45, 7) is 6.90. The molecule has 0 aliphatic carbocycles. The zero-order chi connectivity index (χ0) is 13.1. The van der Waals surface area contributed by atoms with Crippen LogP contribution in [0.25, 0.3) is 0 Å². The number of aliphatic carboxylic acids is 1. The van der Waals surface area contributed by atoms with E-state index in [0.29, 0.717) is 25.4 Å². The first-order valence-corrected chi connectivity index (χ1v) is 6.19. The fourth-order valence-electron chi connectivity index (χ4n) is 1.82. The van der Waals surface area contributed by atoms with Crippen LogP contribution in [-0.2, 0) is 4.79 Å². The molecule has 0 bridgehead atoms. The zero-order valence-corrected chi connectivity index (χ0v) is 10.8. The Labute approximate surface area is 102 Å². The Morgan fingerprint density at radius 3 is 2.35 bits per heavy atom. The SMILES string of the molecule is CCC(C)(NC(=O)N1CCC(C)CC1)C(=O)O. The fraction of sp³-hybridized carbons (Fsp3) is 0.833. The number of rotatable bonds is 3. The molecule has 1 rings (SSSR count). The third kappa shape index (κ3) is 3.35. The van der Waals surface area contributed by atoms with E-state index in [9.17, 15) is 9.59 Å². The van der Waals surface area contributed by atoms with Crippen molar-refractivity contribution in [2.45, 2.75) is 45.6 Å². The fourth-order valence-corrected chi connectivity index (χ4v) is 1.82. The van der Waals surface area contributed by atoms with Crippen molar-refractivity contribution in [2.75, 3.05) is 13.1 Å². The Bertz CT molecular complexity index is 298. The molecule has 0 saturated carbocycles. The van der Waals surface area contributed by atoms with Gasteiger partial charge < -0.3 is 15.3 Å². The van der Waals surface area contributed by atoms with E-state index in [1.165, 1.54) is 0 Å². The van der Waals surface area contributed by atoms with E-state index < -0.39 is 11.5 Å². The zero-order valence-electron chi connectivity index (χ0n) is 10.8. The summed E-state index contributed by atoms with van der Waals surface area (Å²) in [6, 6.07) is -0.261. The van der Waals surface area contributed by atoms with Gasteiger partial charge in [-0.05, 0) is 32.1 Å². The number of hydrogen-bond donors (Lipinski definition) is 2. The van der Waals surface area contributed by atoms with Crippen molar-refractivity contribution in [3.05, 3.63) is 0 Å². The van der Waals surface area contributed by atoms with Crippen LogP contribution in [0, 0.1) is 5.92 Å². The molecule has 1 saturated heterocycles. The van der Waals surface area contributed by atoms with Crippen molar-refractivity contribution >= 4 is 12.0 Å². The van der Waals surface area contributed by atoms with E-state index in [-0.39, 0.29) is 6.03 Å². The van der Waals surface area contributed by atoms with E-state index in [1.807, 2.05) is 0 Å². The summed E-state index contributed by atoms with van der Waals surface area (Å²) in [7, 11) is 0. The van der Waals surface area contributed by atoms with Gasteiger partial charge in [0.25, 0.3) is 0 Å². The molecule has 5 nitrogen and oxygen atoms in total. The second-order valence-electron chi connectivity index (χ2n) is 5.09. The number of piperidine rings is 1. The standard InChI is InChI=1S/C12H22N2O3/c1-4-12(3,10(15)16)13-11(17)14-7-5-9(2)6-8-14/h9H,4-8H2,1-3H3,(H,13,17)(H,15,16). The first-order chi connectivity index (χ1) is 7.89. The monoisotopic (exact) mass is 242 g/mol. The highest BCUT2D eigenvalue weighted by molar-refractivity contribution is 5.85. The lowest BCUT2D eigenvalue weighted by Gasteiger charge is -2.33. The van der Waals surface area contributed by atoms with Crippen LogP contribution in [0.15, 0.2) is 0 Å². The Kier molecular flexibility index (Phi) is 4.37. The second kappa shape index (κ2) is 5.38. The molecule has 1 heterocycles. The van der Waals surface area contributed by atoms with Crippen molar-refractivity contribution in [1.29, 1.82) is 0 Å². The first-order valence-electron chi connectivity index (χ1n) is 6.19. The smallest absolute Gasteiger partial charge is 0.329 e. The third-order valence-corrected chi connectivity index (χ3v) is 3.63. The van der Waals surface area contributed by atoms with Gasteiger partial charge in [-0.15, -0.1) is 0 Å². The lowest BCUT2D eigenvalue weighted by molar-refractivity contribution is -0.143. The molecule has 0 aromatic rings. The number of carbonyl (C=O) groups is 2. The minimum atomic E-state index is -1.17. The quantitative estimate of drug-likeness (QED) is 0.791. The van der Waals surface area contributed by atoms with Crippen molar-refractivity contribution < 1.29 is 14.7 Å². The summed E-state index contributed by atoms with van der Waals surface area (Å²) in [5.74, 6) is -0.338. The highest BCUT2D eigenvalue weighted by Gasteiger charge is 2.34. The minimum Gasteiger partial charge on any atom is -0.480 e. The molecule has 2 N–H and O–H groups in total. The number of likely N-dealkylation sites (tertiary alicyclic amines) is 1. The van der Waals surface area contributed by atoms with Crippen LogP contribution in [0.2, 0.25) is 0 Å². The average Bonchev–Trinajstić information content (AvgIpc) is 2.29. The van der Waals surface area contributed by atoms with Crippen molar-refractivity contribution in [1.82, 2.24) is 10.2 Å². The predicted molar refractivity (Wildman–Crippen MR) is 64.8 cm³/mol. The van der Waals surface area contributed by atoms with Crippen LogP contribution in [-0.4, -0.2) is 40.6 Å². The van der Waals surface area contributed by atoms with E-state index in [4.69, 9.17) is 5.11 Å². The molecule has 98 valence electrons. The van der Waals surface area contributed by atoms with Gasteiger partial charge in [0.2, 0.25) is 0 Å². The van der Waals surface area contributed by atoms with Gasteiger partial charge in [0, 0.05) is 13.1 Å². The van der Waals surface area contributed by atoms with Crippen LogP contribution in [0.1, 0.15) is 40.0 Å². The van der Waals surface area contributed by atoms with Crippen molar-refractivity contribution in [3.63, 3.8) is 0 Å². The predicted octanol–water partition coefficient (Wildman–Crippen LogP) is 1.68. The summed E-state index contributed by atoms with van der Waals surface area (Å²) in [6.07, 6.45) is 2.35. The number of amides is 2. The van der Waals surface area contributed by atoms with E-state index in [2.05, 4.69) is 12.2 Å². The van der Waals surface area contributed by atoms with E-state index in [1.54, 1.807) is 18.7 Å². The van der Waals surface area contributed by atoms with Gasteiger partial charge in [0.05, 0.1) is 0 Å². The maximum absolute atomic E-state index is 11.9. The average molecular weight is 242 g/mol. The summed E-state index contributed by atoms with van der Waals surface area (Å²) in [5, 5.41) is 11.7. The molecule has 1 fully saturated rings. The molecule has 1 unspecified atom stereocenters. The van der Waals surface area contributed by atoms with Gasteiger partial charge in [0.1, 0.15) is 5.54 Å². The Hall–Kier alpha value is -1.26. The first kappa shape index (κ1) is 13.8. The van der Waals surface area contributed by atoms with Gasteiger partial charge in [0.15, 0.2) is 0 Å². The summed E-state index contributed by atoms with van der Waals surface area (Å²) in [5.41, 5.74) is -1.17. The lowest BCUT2D eigenvalue weighted by atomic mass is 9.98. The number of carboxylic acid groups (broad SMARTS) is 1. The van der Waals surface area contributed by atoms with E-state index >= 15 is 0 Å². The molecule has 0 aromatic heterocycles. The molecular formula is C12H22N2O3. The molecule has 17 heavy (non-hydrogen) atoms. The van der Waals surface area contributed by atoms with Gasteiger partial charge in [-0.3, -0.25) is 0 Å². The molecule has 2 amide bonds. The topological polar surface area (TPSA) is 69.6 Å². The lowest BCUT2D eigenvalue weighted by Crippen LogP contribution is -2.56. The molecule has 5 heteroatoms. The maximum atomic E-state index is 11.9. The largest absolute Gasteiger partial charge is 0.480 e. The highest BCUT2D eigenvalue weighted by Crippen LogP contribution is 2.17. The van der Waals surface area contributed by atoms with Gasteiger partial charge in [-0.1, -0.05) is 13.8 Å². The van der Waals surface area contributed by atoms with Gasteiger partial charge in [-0.25, -0.2) is 9.59 Å². The number of hydrogen-bond acceptors (Lipinski definition) is 2. The minimum absolute atomic E-state index is 0.261. The van der Waals surface area contributed by atoms with Crippen molar-refractivity contribution in [2.24, 2.45) is 5.92 Å². The summed E-state index contributed by atoms with van der Waals surface area (Å²) in [4.78, 5) is 24.7. The van der Waals surface area contributed by atoms with Crippen LogP contribution >= 0.6 is 0 Å². The maximum Gasteiger partial charge on any atom is 0.329 e. The Balaban J connectivity index is 2.56. The van der Waals surface area contributed by atoms with Crippen LogP contribution in [0.3, 0.4) is 0 Å². The number of nitrogens with zero attached hydrogens (tertiary/aromatic N) is 1. The van der Waals surface area contributed by atoms with Crippen LogP contribution in [0.4, 0.5) is 4.79 Å². The summed E-state index contributed by atoms with van der Waals surface area (Å²) >= 11 is 0. The highest BCUT2D eigenvalue weighted by atomic mass is 16.4. The Morgan fingerprint density at radius 1 is 1.41 bits per heavy atom. The molecule has 0 radical (unpaired) electrons. The van der Waals surface area contributed by atoms with Gasteiger partial charge >= 0.3 is 12.0 Å². The normalized spacial score (nSPS) is 20.8. The molecule has 0 spiro atoms. The van der Waals surface area contributed by atoms with Crippen LogP contribution in [0.5, 0.6) is 0 Å². The second-order valence-corrected chi connectivity index (χ2v) is 5.09. The molecule has 1 aliphatic heterocycles. The number of urea groups is 1. The number of carbonyl (C=O) groups excluding carboxylic acids is 1. The molecule has 0 aromatic carbocycles.